The fraction of sp³-hybridized carbons (Fsp3) is 0.571. The normalized spacial score (nSPS) is 11.5. The minimum absolute atomic E-state index is 0.423. The third kappa shape index (κ3) is 5.42. The highest BCUT2D eigenvalue weighted by Crippen LogP contribution is 1.92. The summed E-state index contributed by atoms with van der Waals surface area (Å²) in [5, 5.41) is 16.8. The van der Waals surface area contributed by atoms with E-state index in [1.807, 2.05) is 6.92 Å². The third-order valence-electron chi connectivity index (χ3n) is 1.02. The first-order valence-electron chi connectivity index (χ1n) is 3.38. The Bertz CT molecular complexity index is 151. The number of carboxylic acids is 1. The highest BCUT2D eigenvalue weighted by molar-refractivity contribution is 5.83. The molecule has 0 aliphatic rings. The van der Waals surface area contributed by atoms with Crippen molar-refractivity contribution in [3.05, 3.63) is 11.8 Å². The number of aliphatic hydroxyl groups excluding tert-OH is 1. The predicted molar refractivity (Wildman–Crippen MR) is 39.5 cm³/mol. The monoisotopic (exact) mass is 160 g/mol. The summed E-state index contributed by atoms with van der Waals surface area (Å²) in [6.45, 7) is 2.89. The molecule has 4 heteroatoms. The summed E-state index contributed by atoms with van der Waals surface area (Å²) >= 11 is 0. The fourth-order valence-electron chi connectivity index (χ4n) is 0.511. The van der Waals surface area contributed by atoms with E-state index in [2.05, 4.69) is 0 Å². The Morgan fingerprint density at radius 3 is 2.64 bits per heavy atom. The second kappa shape index (κ2) is 5.73. The zero-order valence-electron chi connectivity index (χ0n) is 6.41. The Kier molecular flexibility index (Phi) is 5.20. The van der Waals surface area contributed by atoms with Crippen molar-refractivity contribution in [3.63, 3.8) is 0 Å². The molecule has 0 amide bonds. The fourth-order valence-corrected chi connectivity index (χ4v) is 0.511. The summed E-state index contributed by atoms with van der Waals surface area (Å²) < 4.78 is 4.92. The van der Waals surface area contributed by atoms with Crippen LogP contribution >= 0.6 is 0 Å². The Morgan fingerprint density at radius 1 is 1.55 bits per heavy atom. The number of aliphatic hydroxyl groups is 1. The van der Waals surface area contributed by atoms with E-state index in [9.17, 15) is 4.79 Å². The van der Waals surface area contributed by atoms with Gasteiger partial charge in [-0.1, -0.05) is 0 Å². The number of rotatable bonds is 5. The van der Waals surface area contributed by atoms with Crippen LogP contribution in [-0.4, -0.2) is 29.4 Å². The van der Waals surface area contributed by atoms with Crippen LogP contribution in [0.15, 0.2) is 11.8 Å². The van der Waals surface area contributed by atoms with E-state index in [0.717, 1.165) is 0 Å². The third-order valence-corrected chi connectivity index (χ3v) is 1.02. The van der Waals surface area contributed by atoms with Gasteiger partial charge >= 0.3 is 5.97 Å². The standard InChI is InChI=1S/C7H12O4/c1-2-11-5-3-4-6(8)7(9)10/h4,8H,2-3,5H2,1H3,(H,9,10). The topological polar surface area (TPSA) is 66.8 Å². The smallest absolute Gasteiger partial charge is 0.370 e. The van der Waals surface area contributed by atoms with Crippen LogP contribution in [0.3, 0.4) is 0 Å². The molecule has 0 radical (unpaired) electrons. The van der Waals surface area contributed by atoms with Gasteiger partial charge in [0.1, 0.15) is 0 Å². The quantitative estimate of drug-likeness (QED) is 0.357. The van der Waals surface area contributed by atoms with Gasteiger partial charge < -0.3 is 14.9 Å². The highest BCUT2D eigenvalue weighted by atomic mass is 16.5. The predicted octanol–water partition coefficient (Wildman–Crippen LogP) is 0.940. The summed E-state index contributed by atoms with van der Waals surface area (Å²) in [5.74, 6) is -1.92. The van der Waals surface area contributed by atoms with Gasteiger partial charge in [-0.25, -0.2) is 4.79 Å². The van der Waals surface area contributed by atoms with Crippen LogP contribution in [0.1, 0.15) is 13.3 Å². The van der Waals surface area contributed by atoms with Crippen LogP contribution in [0.25, 0.3) is 0 Å². The van der Waals surface area contributed by atoms with E-state index in [1.165, 1.54) is 6.08 Å². The van der Waals surface area contributed by atoms with Crippen molar-refractivity contribution < 1.29 is 19.7 Å². The first-order valence-corrected chi connectivity index (χ1v) is 3.38. The molecular formula is C7H12O4. The molecule has 2 N–H and O–H groups in total. The van der Waals surface area contributed by atoms with E-state index >= 15 is 0 Å². The van der Waals surface area contributed by atoms with Gasteiger partial charge in [-0.05, 0) is 19.4 Å². The van der Waals surface area contributed by atoms with Crippen molar-refractivity contribution in [2.24, 2.45) is 0 Å². The summed E-state index contributed by atoms with van der Waals surface area (Å²) in [5.41, 5.74) is 0. The molecule has 0 spiro atoms. The molecule has 0 aromatic rings. The zero-order chi connectivity index (χ0) is 8.69. The van der Waals surface area contributed by atoms with Crippen molar-refractivity contribution in [2.45, 2.75) is 13.3 Å². The van der Waals surface area contributed by atoms with Gasteiger partial charge in [0.2, 0.25) is 0 Å². The van der Waals surface area contributed by atoms with Gasteiger partial charge in [0.15, 0.2) is 5.76 Å². The molecule has 0 heterocycles. The first kappa shape index (κ1) is 9.97. The minimum atomic E-state index is -1.30. The van der Waals surface area contributed by atoms with E-state index in [0.29, 0.717) is 19.6 Å². The number of carbonyl (C=O) groups is 1. The van der Waals surface area contributed by atoms with Gasteiger partial charge in [0, 0.05) is 6.61 Å². The number of carboxylic acid groups (broad SMARTS) is 1. The lowest BCUT2D eigenvalue weighted by molar-refractivity contribution is -0.135. The molecule has 0 saturated carbocycles. The molecule has 0 aliphatic heterocycles. The van der Waals surface area contributed by atoms with Gasteiger partial charge in [0.25, 0.3) is 0 Å². The maximum Gasteiger partial charge on any atom is 0.370 e. The molecule has 0 aliphatic carbocycles. The molecule has 0 atom stereocenters. The maximum absolute atomic E-state index is 10.0. The molecule has 64 valence electrons. The van der Waals surface area contributed by atoms with Gasteiger partial charge in [-0.15, -0.1) is 0 Å². The minimum Gasteiger partial charge on any atom is -0.502 e. The summed E-state index contributed by atoms with van der Waals surface area (Å²) in [6.07, 6.45) is 1.64. The summed E-state index contributed by atoms with van der Waals surface area (Å²) in [6, 6.07) is 0. The van der Waals surface area contributed by atoms with Crippen molar-refractivity contribution in [1.82, 2.24) is 0 Å². The maximum atomic E-state index is 10.0. The molecule has 0 unspecified atom stereocenters. The first-order chi connectivity index (χ1) is 5.18. The van der Waals surface area contributed by atoms with E-state index in [-0.39, 0.29) is 0 Å². The number of ether oxygens (including phenoxy) is 1. The van der Waals surface area contributed by atoms with Crippen LogP contribution in [-0.2, 0) is 9.53 Å². The SMILES string of the molecule is CCOCCC=C(O)C(=O)O. The van der Waals surface area contributed by atoms with Gasteiger partial charge in [-0.2, -0.15) is 0 Å². The molecule has 0 fully saturated rings. The summed E-state index contributed by atoms with van der Waals surface area (Å²) in [4.78, 5) is 10.0. The van der Waals surface area contributed by atoms with Crippen LogP contribution in [0.2, 0.25) is 0 Å². The molecule has 0 aromatic carbocycles. The van der Waals surface area contributed by atoms with Crippen molar-refractivity contribution in [2.75, 3.05) is 13.2 Å². The lowest BCUT2D eigenvalue weighted by Gasteiger charge is -1.95. The number of hydrogen-bond acceptors (Lipinski definition) is 3. The van der Waals surface area contributed by atoms with Crippen molar-refractivity contribution in [1.29, 1.82) is 0 Å². The molecule has 0 saturated heterocycles. The van der Waals surface area contributed by atoms with Crippen LogP contribution in [0, 0.1) is 0 Å². The van der Waals surface area contributed by atoms with Crippen LogP contribution < -0.4 is 0 Å². The Balaban J connectivity index is 3.48. The van der Waals surface area contributed by atoms with E-state index in [4.69, 9.17) is 14.9 Å². The Hall–Kier alpha value is -1.03. The molecule has 4 nitrogen and oxygen atoms in total. The number of aliphatic carboxylic acids is 1. The molecule has 0 bridgehead atoms. The average molecular weight is 160 g/mol. The lowest BCUT2D eigenvalue weighted by atomic mass is 10.3. The van der Waals surface area contributed by atoms with Gasteiger partial charge in [0.05, 0.1) is 6.61 Å². The largest absolute Gasteiger partial charge is 0.502 e. The van der Waals surface area contributed by atoms with E-state index in [1.54, 1.807) is 0 Å². The van der Waals surface area contributed by atoms with Crippen LogP contribution in [0.5, 0.6) is 0 Å². The second-order valence-corrected chi connectivity index (χ2v) is 1.88. The molecule has 0 aromatic heterocycles. The van der Waals surface area contributed by atoms with Crippen molar-refractivity contribution >= 4 is 5.97 Å². The van der Waals surface area contributed by atoms with Crippen molar-refractivity contribution in [3.8, 4) is 0 Å². The Morgan fingerprint density at radius 2 is 2.18 bits per heavy atom. The van der Waals surface area contributed by atoms with E-state index < -0.39 is 11.7 Å². The Labute approximate surface area is 65.1 Å². The lowest BCUT2D eigenvalue weighted by Crippen LogP contribution is -2.00. The highest BCUT2D eigenvalue weighted by Gasteiger charge is 2.00. The molecular weight excluding hydrogens is 148 g/mol. The molecule has 0 rings (SSSR count). The zero-order valence-corrected chi connectivity index (χ0v) is 6.41. The second-order valence-electron chi connectivity index (χ2n) is 1.88. The van der Waals surface area contributed by atoms with Crippen LogP contribution in [0.4, 0.5) is 0 Å². The number of hydrogen-bond donors (Lipinski definition) is 2. The molecule has 11 heavy (non-hydrogen) atoms. The average Bonchev–Trinajstić information content (AvgIpc) is 1.97. The summed E-state index contributed by atoms with van der Waals surface area (Å²) in [7, 11) is 0. The van der Waals surface area contributed by atoms with Gasteiger partial charge in [-0.3, -0.25) is 0 Å².